The number of carbonyl (C=O) groups is 2. The van der Waals surface area contributed by atoms with Crippen molar-refractivity contribution in [2.24, 2.45) is 0 Å². The molecule has 2 aromatic carbocycles. The van der Waals surface area contributed by atoms with Gasteiger partial charge in [0.2, 0.25) is 12.4 Å². The third-order valence-electron chi connectivity index (χ3n) is 4.61. The Morgan fingerprint density at radius 3 is 2.60 bits per heavy atom. The summed E-state index contributed by atoms with van der Waals surface area (Å²) in [5.41, 5.74) is 0.864. The summed E-state index contributed by atoms with van der Waals surface area (Å²) in [4.78, 5) is 25.6. The van der Waals surface area contributed by atoms with Crippen molar-refractivity contribution in [2.75, 3.05) is 25.6 Å². The van der Waals surface area contributed by atoms with Crippen molar-refractivity contribution in [2.45, 2.75) is 20.0 Å². The van der Waals surface area contributed by atoms with Gasteiger partial charge in [-0.3, -0.25) is 8.98 Å². The van der Waals surface area contributed by atoms with Crippen LogP contribution in [0.1, 0.15) is 34.7 Å². The van der Waals surface area contributed by atoms with Crippen molar-refractivity contribution >= 4 is 41.6 Å². The second-order valence-electron chi connectivity index (χ2n) is 7.13. The molecule has 0 aliphatic heterocycles. The lowest BCUT2D eigenvalue weighted by atomic mass is 10.2. The number of esters is 1. The highest BCUT2D eigenvalue weighted by atomic mass is 35.5. The number of rotatable bonds is 11. The smallest absolute Gasteiger partial charge is 0.342 e. The van der Waals surface area contributed by atoms with E-state index in [1.165, 1.54) is 18.0 Å². The molecule has 9 nitrogen and oxygen atoms in total. The molecule has 0 bridgehead atoms. The number of amides is 1. The first-order valence-corrected chi connectivity index (χ1v) is 11.5. The molecule has 1 heterocycles. The molecular formula is C23H23ClFN3O6S. The maximum atomic E-state index is 13.1. The zero-order valence-electron chi connectivity index (χ0n) is 19.1. The molecule has 0 saturated heterocycles. The van der Waals surface area contributed by atoms with Gasteiger partial charge < -0.3 is 19.5 Å². The molecule has 0 fully saturated rings. The lowest BCUT2D eigenvalue weighted by Gasteiger charge is -2.15. The quantitative estimate of drug-likeness (QED) is 0.267. The van der Waals surface area contributed by atoms with Crippen LogP contribution in [0.3, 0.4) is 0 Å². The minimum Gasteiger partial charge on any atom is -0.493 e. The molecule has 12 heteroatoms. The fourth-order valence-corrected chi connectivity index (χ4v) is 3.28. The summed E-state index contributed by atoms with van der Waals surface area (Å²) >= 11 is 5.71. The molecule has 35 heavy (non-hydrogen) atoms. The summed E-state index contributed by atoms with van der Waals surface area (Å²) in [7, 11) is 1.44. The minimum atomic E-state index is -0.679. The Labute approximate surface area is 210 Å². The summed E-state index contributed by atoms with van der Waals surface area (Å²) in [5, 5.41) is 7.53. The molecule has 1 N–H and O–H groups in total. The van der Waals surface area contributed by atoms with Gasteiger partial charge in [-0.25, -0.2) is 9.48 Å². The van der Waals surface area contributed by atoms with Crippen LogP contribution in [0.25, 0.3) is 5.69 Å². The number of ether oxygens (including phenoxy) is 3. The molecule has 0 radical (unpaired) electrons. The molecule has 186 valence electrons. The van der Waals surface area contributed by atoms with Crippen LogP contribution >= 0.6 is 24.0 Å². The highest BCUT2D eigenvalue weighted by Crippen LogP contribution is 2.31. The number of benzene rings is 2. The van der Waals surface area contributed by atoms with E-state index in [4.69, 9.17) is 30.0 Å². The van der Waals surface area contributed by atoms with Gasteiger partial charge in [0.25, 0.3) is 5.91 Å². The van der Waals surface area contributed by atoms with Gasteiger partial charge in [0.05, 0.1) is 19.4 Å². The fraction of sp³-hybridized carbons (Fsp3) is 0.261. The summed E-state index contributed by atoms with van der Waals surface area (Å²) in [6, 6.07) is 11.5. The van der Waals surface area contributed by atoms with Crippen LogP contribution in [-0.4, -0.2) is 48.1 Å². The predicted octanol–water partition coefficient (Wildman–Crippen LogP) is 5.28. The van der Waals surface area contributed by atoms with Gasteiger partial charge in [-0.2, -0.15) is 5.10 Å². The molecule has 3 aromatic rings. The van der Waals surface area contributed by atoms with E-state index < -0.39 is 18.0 Å². The Morgan fingerprint density at radius 2 is 1.94 bits per heavy atom. The Kier molecular flexibility index (Phi) is 9.35. The lowest BCUT2D eigenvalue weighted by molar-refractivity contribution is 0.0523. The third-order valence-corrected chi connectivity index (χ3v) is 5.26. The van der Waals surface area contributed by atoms with E-state index in [0.717, 1.165) is 0 Å². The van der Waals surface area contributed by atoms with E-state index in [-0.39, 0.29) is 36.9 Å². The van der Waals surface area contributed by atoms with Gasteiger partial charge in [0.15, 0.2) is 17.2 Å². The third kappa shape index (κ3) is 6.87. The van der Waals surface area contributed by atoms with Crippen LogP contribution in [0, 0.1) is 0 Å². The average molecular weight is 524 g/mol. The highest BCUT2D eigenvalue weighted by molar-refractivity contribution is 7.89. The van der Waals surface area contributed by atoms with Gasteiger partial charge in [-0.05, 0) is 50.2 Å². The van der Waals surface area contributed by atoms with Gasteiger partial charge in [0.1, 0.15) is 18.3 Å². The predicted molar refractivity (Wildman–Crippen MR) is 130 cm³/mol. The summed E-state index contributed by atoms with van der Waals surface area (Å²) in [5.74, 6) is -0.593. The van der Waals surface area contributed by atoms with E-state index in [2.05, 4.69) is 10.4 Å². The molecule has 0 spiro atoms. The zero-order valence-corrected chi connectivity index (χ0v) is 20.7. The van der Waals surface area contributed by atoms with Crippen molar-refractivity contribution in [3.05, 3.63) is 64.9 Å². The number of nitrogens with one attached hydrogen (secondary N) is 1. The van der Waals surface area contributed by atoms with Crippen LogP contribution in [0.5, 0.6) is 11.5 Å². The minimum absolute atomic E-state index is 0.00550. The number of nitrogens with zero attached hydrogens (tertiary/aromatic N) is 2. The average Bonchev–Trinajstić information content (AvgIpc) is 3.30. The Balaban J connectivity index is 1.84. The van der Waals surface area contributed by atoms with Crippen molar-refractivity contribution in [1.82, 2.24) is 9.78 Å². The van der Waals surface area contributed by atoms with E-state index in [9.17, 15) is 13.5 Å². The largest absolute Gasteiger partial charge is 0.493 e. The first-order chi connectivity index (χ1) is 16.9. The highest BCUT2D eigenvalue weighted by Gasteiger charge is 2.24. The number of hydrogen-bond acceptors (Lipinski definition) is 8. The second-order valence-corrected chi connectivity index (χ2v) is 7.89. The standard InChI is InChI=1S/C23H23ClFN3O6S/c1-4-32-23(30)18-12-28(17-8-5-15(24)6-9-17)27-21(18)22(29)26-16-7-10-19(20(11-16)31-3)33-13-14(2)34-35-25/h5-12,14H,4,13H2,1-3H3,(H,26,29). The molecule has 1 aromatic heterocycles. The van der Waals surface area contributed by atoms with Gasteiger partial charge >= 0.3 is 5.97 Å². The number of aromatic nitrogens is 2. The fourth-order valence-electron chi connectivity index (χ4n) is 2.98. The topological polar surface area (TPSA) is 101 Å². The van der Waals surface area contributed by atoms with Crippen LogP contribution in [-0.2, 0) is 8.92 Å². The molecular weight excluding hydrogens is 501 g/mol. The van der Waals surface area contributed by atoms with Gasteiger partial charge in [-0.1, -0.05) is 11.6 Å². The van der Waals surface area contributed by atoms with E-state index >= 15 is 0 Å². The summed E-state index contributed by atoms with van der Waals surface area (Å²) < 4.78 is 34.3. The number of hydrogen-bond donors (Lipinski definition) is 1. The second kappa shape index (κ2) is 12.4. The SMILES string of the molecule is CCOC(=O)c1cn(-c2ccc(Cl)cc2)nc1C(=O)Nc1ccc(OCC(C)OSF)c(OC)c1. The lowest BCUT2D eigenvalue weighted by Crippen LogP contribution is -2.18. The number of anilines is 1. The van der Waals surface area contributed by atoms with E-state index in [0.29, 0.717) is 27.9 Å². The Hall–Kier alpha value is -3.28. The molecule has 3 rings (SSSR count). The van der Waals surface area contributed by atoms with E-state index in [1.807, 2.05) is 0 Å². The van der Waals surface area contributed by atoms with Gasteiger partial charge in [-0.15, -0.1) is 3.89 Å². The van der Waals surface area contributed by atoms with Crippen LogP contribution < -0.4 is 14.8 Å². The molecule has 1 unspecified atom stereocenters. The Morgan fingerprint density at radius 1 is 1.20 bits per heavy atom. The summed E-state index contributed by atoms with van der Waals surface area (Å²) in [6.45, 7) is 3.54. The molecule has 1 amide bonds. The van der Waals surface area contributed by atoms with Crippen LogP contribution in [0.4, 0.5) is 9.57 Å². The maximum Gasteiger partial charge on any atom is 0.342 e. The normalized spacial score (nSPS) is 11.6. The first kappa shape index (κ1) is 26.3. The number of halogens is 2. The van der Waals surface area contributed by atoms with Gasteiger partial charge in [0, 0.05) is 23.0 Å². The summed E-state index contributed by atoms with van der Waals surface area (Å²) in [6.07, 6.45) is 0.929. The molecule has 0 aliphatic rings. The van der Waals surface area contributed by atoms with E-state index in [1.54, 1.807) is 56.3 Å². The molecule has 1 atom stereocenters. The first-order valence-electron chi connectivity index (χ1n) is 10.4. The molecule has 0 saturated carbocycles. The van der Waals surface area contributed by atoms with Crippen LogP contribution in [0.15, 0.2) is 48.7 Å². The van der Waals surface area contributed by atoms with Crippen molar-refractivity contribution < 1.29 is 31.9 Å². The monoisotopic (exact) mass is 523 g/mol. The Bertz CT molecular complexity index is 1170. The number of carbonyl (C=O) groups excluding carboxylic acids is 2. The number of methoxy groups -OCH3 is 1. The van der Waals surface area contributed by atoms with Crippen molar-refractivity contribution in [3.8, 4) is 17.2 Å². The van der Waals surface area contributed by atoms with Crippen LogP contribution in [0.2, 0.25) is 5.02 Å². The maximum absolute atomic E-state index is 13.1. The van der Waals surface area contributed by atoms with Crippen molar-refractivity contribution in [1.29, 1.82) is 0 Å². The van der Waals surface area contributed by atoms with Crippen molar-refractivity contribution in [3.63, 3.8) is 0 Å². The molecule has 0 aliphatic carbocycles. The zero-order chi connectivity index (χ0) is 25.4.